The van der Waals surface area contributed by atoms with Gasteiger partial charge in [-0.3, -0.25) is 4.98 Å². The molecule has 4 aromatic rings. The minimum absolute atomic E-state index is 0.0211. The fourth-order valence-corrected chi connectivity index (χ4v) is 4.90. The second-order valence-corrected chi connectivity index (χ2v) is 11.8. The maximum atomic E-state index is 14.7. The van der Waals surface area contributed by atoms with Crippen molar-refractivity contribution in [2.45, 2.75) is 39.0 Å². The fraction of sp³-hybridized carbons (Fsp3) is 0.357. The topological polar surface area (TPSA) is 101 Å². The molecule has 8 nitrogen and oxygen atoms in total. The van der Waals surface area contributed by atoms with Gasteiger partial charge >= 0.3 is 0 Å². The normalized spacial score (nSPS) is 15.4. The summed E-state index contributed by atoms with van der Waals surface area (Å²) >= 11 is 13.3. The van der Waals surface area contributed by atoms with E-state index in [1.807, 2.05) is 24.3 Å². The Morgan fingerprint density at radius 1 is 1.21 bits per heavy atom. The molecule has 1 aliphatic heterocycles. The molecule has 0 bridgehead atoms. The number of rotatable bonds is 8. The Morgan fingerprint density at radius 3 is 2.64 bits per heavy atom. The highest BCUT2D eigenvalue weighted by atomic mass is 35.5. The molecule has 0 radical (unpaired) electrons. The molecule has 0 saturated carbocycles. The number of nitriles is 1. The molecule has 1 fully saturated rings. The SMILES string of the molecule is CC(C)(C)CNc1c(C#N)cnc2c(Cl)cc(NC(c3cn(CC4(F)COC4)nn3)c3ccccc3Cl)cc12. The van der Waals surface area contributed by atoms with Crippen LogP contribution in [-0.4, -0.2) is 45.4 Å². The van der Waals surface area contributed by atoms with Gasteiger partial charge in [0.05, 0.1) is 53.8 Å². The van der Waals surface area contributed by atoms with E-state index in [1.54, 1.807) is 18.3 Å². The molecule has 39 heavy (non-hydrogen) atoms. The minimum Gasteiger partial charge on any atom is -0.383 e. The Balaban J connectivity index is 1.55. The number of ether oxygens (including phenoxy) is 1. The molecule has 11 heteroatoms. The zero-order valence-corrected chi connectivity index (χ0v) is 23.3. The fourth-order valence-electron chi connectivity index (χ4n) is 4.39. The molecule has 1 atom stereocenters. The molecule has 202 valence electrons. The van der Waals surface area contributed by atoms with Crippen LogP contribution in [0.4, 0.5) is 15.8 Å². The molecular weight excluding hydrogens is 540 g/mol. The molecule has 0 spiro atoms. The summed E-state index contributed by atoms with van der Waals surface area (Å²) in [5.74, 6) is 0. The number of halogens is 3. The summed E-state index contributed by atoms with van der Waals surface area (Å²) in [4.78, 5) is 4.44. The van der Waals surface area contributed by atoms with E-state index >= 15 is 0 Å². The van der Waals surface area contributed by atoms with Crippen LogP contribution in [0.3, 0.4) is 0 Å². The van der Waals surface area contributed by atoms with Crippen LogP contribution in [0.2, 0.25) is 10.0 Å². The van der Waals surface area contributed by atoms with Gasteiger partial charge in [-0.15, -0.1) is 5.10 Å². The van der Waals surface area contributed by atoms with Crippen molar-refractivity contribution >= 4 is 45.5 Å². The van der Waals surface area contributed by atoms with Gasteiger partial charge in [0.25, 0.3) is 0 Å². The van der Waals surface area contributed by atoms with E-state index in [1.165, 1.54) is 10.9 Å². The molecule has 2 N–H and O–H groups in total. The average Bonchev–Trinajstić information content (AvgIpc) is 3.32. The molecule has 1 saturated heterocycles. The van der Waals surface area contributed by atoms with E-state index < -0.39 is 11.7 Å². The summed E-state index contributed by atoms with van der Waals surface area (Å²) in [5.41, 5.74) is 2.17. The van der Waals surface area contributed by atoms with E-state index in [0.29, 0.717) is 50.1 Å². The molecule has 3 heterocycles. The van der Waals surface area contributed by atoms with E-state index in [0.717, 1.165) is 5.56 Å². The second-order valence-electron chi connectivity index (χ2n) is 11.0. The third-order valence-electron chi connectivity index (χ3n) is 6.39. The number of anilines is 2. The first-order chi connectivity index (χ1) is 18.5. The van der Waals surface area contributed by atoms with Gasteiger partial charge in [-0.25, -0.2) is 9.07 Å². The maximum Gasteiger partial charge on any atom is 0.176 e. The Labute approximate surface area is 236 Å². The van der Waals surface area contributed by atoms with Crippen molar-refractivity contribution in [3.05, 3.63) is 75.7 Å². The largest absolute Gasteiger partial charge is 0.383 e. The first-order valence-electron chi connectivity index (χ1n) is 12.5. The number of aromatic nitrogens is 4. The van der Waals surface area contributed by atoms with Crippen molar-refractivity contribution in [3.63, 3.8) is 0 Å². The maximum absolute atomic E-state index is 14.7. The van der Waals surface area contributed by atoms with E-state index in [2.05, 4.69) is 52.8 Å². The average molecular weight is 568 g/mol. The van der Waals surface area contributed by atoms with Gasteiger partial charge in [0.2, 0.25) is 0 Å². The van der Waals surface area contributed by atoms with E-state index in [4.69, 9.17) is 27.9 Å². The summed E-state index contributed by atoms with van der Waals surface area (Å²) in [6.45, 7) is 7.09. The third-order valence-corrected chi connectivity index (χ3v) is 7.02. The number of nitrogens with zero attached hydrogens (tertiary/aromatic N) is 5. The van der Waals surface area contributed by atoms with E-state index in [-0.39, 0.29) is 25.2 Å². The Morgan fingerprint density at radius 2 is 1.97 bits per heavy atom. The minimum atomic E-state index is -1.45. The molecule has 1 unspecified atom stereocenters. The first kappa shape index (κ1) is 27.1. The molecule has 2 aromatic heterocycles. The Kier molecular flexibility index (Phi) is 7.38. The number of fused-ring (bicyclic) bond motifs is 1. The van der Waals surface area contributed by atoms with Crippen molar-refractivity contribution in [1.29, 1.82) is 5.26 Å². The van der Waals surface area contributed by atoms with Crippen LogP contribution in [0.5, 0.6) is 0 Å². The number of hydrogen-bond acceptors (Lipinski definition) is 7. The second kappa shape index (κ2) is 10.6. The van der Waals surface area contributed by atoms with Crippen molar-refractivity contribution < 1.29 is 9.13 Å². The van der Waals surface area contributed by atoms with Gasteiger partial charge in [0, 0.05) is 28.8 Å². The van der Waals surface area contributed by atoms with Gasteiger partial charge in [0.15, 0.2) is 5.67 Å². The van der Waals surface area contributed by atoms with Crippen LogP contribution in [0, 0.1) is 16.7 Å². The molecule has 0 amide bonds. The molecule has 2 aromatic carbocycles. The highest BCUT2D eigenvalue weighted by Crippen LogP contribution is 2.37. The summed E-state index contributed by atoms with van der Waals surface area (Å²) in [6, 6.07) is 12.8. The van der Waals surface area contributed by atoms with Gasteiger partial charge in [0.1, 0.15) is 11.8 Å². The first-order valence-corrected chi connectivity index (χ1v) is 13.2. The summed E-state index contributed by atoms with van der Waals surface area (Å²) < 4.78 is 21.2. The van der Waals surface area contributed by atoms with Crippen molar-refractivity contribution in [1.82, 2.24) is 20.0 Å². The molecule has 0 aliphatic carbocycles. The van der Waals surface area contributed by atoms with Crippen molar-refractivity contribution in [2.24, 2.45) is 5.41 Å². The van der Waals surface area contributed by atoms with Crippen molar-refractivity contribution in [3.8, 4) is 6.07 Å². The van der Waals surface area contributed by atoms with Gasteiger partial charge in [-0.1, -0.05) is 67.4 Å². The quantitative estimate of drug-likeness (QED) is 0.254. The van der Waals surface area contributed by atoms with Crippen molar-refractivity contribution in [2.75, 3.05) is 30.4 Å². The molecular formula is C28H28Cl2FN7O. The lowest BCUT2D eigenvalue weighted by Gasteiger charge is -2.33. The van der Waals surface area contributed by atoms with Crippen LogP contribution in [-0.2, 0) is 11.3 Å². The Hall–Kier alpha value is -3.45. The number of alkyl halides is 1. The van der Waals surface area contributed by atoms with Gasteiger partial charge < -0.3 is 15.4 Å². The van der Waals surface area contributed by atoms with E-state index in [9.17, 15) is 9.65 Å². The number of nitrogens with one attached hydrogen (secondary N) is 2. The molecule has 1 aliphatic rings. The summed E-state index contributed by atoms with van der Waals surface area (Å²) in [5, 5.41) is 26.8. The lowest BCUT2D eigenvalue weighted by atomic mass is 9.96. The monoisotopic (exact) mass is 567 g/mol. The molecule has 5 rings (SSSR count). The van der Waals surface area contributed by atoms with Crippen LogP contribution in [0.25, 0.3) is 10.9 Å². The van der Waals surface area contributed by atoms with Gasteiger partial charge in [-0.05, 0) is 29.2 Å². The van der Waals surface area contributed by atoms with Crippen LogP contribution < -0.4 is 10.6 Å². The zero-order valence-electron chi connectivity index (χ0n) is 21.8. The number of pyridine rings is 1. The Bertz CT molecular complexity index is 1560. The van der Waals surface area contributed by atoms with Crippen LogP contribution >= 0.6 is 23.2 Å². The zero-order chi connectivity index (χ0) is 27.8. The number of benzene rings is 2. The lowest BCUT2D eigenvalue weighted by Crippen LogP contribution is -2.48. The highest BCUT2D eigenvalue weighted by Gasteiger charge is 2.39. The van der Waals surface area contributed by atoms with Crippen LogP contribution in [0.15, 0.2) is 48.8 Å². The smallest absolute Gasteiger partial charge is 0.176 e. The number of hydrogen-bond donors (Lipinski definition) is 2. The summed E-state index contributed by atoms with van der Waals surface area (Å²) in [7, 11) is 0. The van der Waals surface area contributed by atoms with Crippen LogP contribution in [0.1, 0.15) is 43.6 Å². The predicted octanol–water partition coefficient (Wildman–Crippen LogP) is 6.40. The predicted molar refractivity (Wildman–Crippen MR) is 151 cm³/mol. The highest BCUT2D eigenvalue weighted by molar-refractivity contribution is 6.36. The standard InChI is InChI=1S/C28H28Cl2FN7O/c1-27(2,3)13-34-24-17(10-32)11-33-25-20(24)8-18(9-22(25)30)35-26(19-6-4-5-7-21(19)29)23-12-38(37-36-23)14-28(31)15-39-16-28/h4-9,11-12,26,35H,13-16H2,1-3H3,(H,33,34). The summed E-state index contributed by atoms with van der Waals surface area (Å²) in [6.07, 6.45) is 3.23. The third kappa shape index (κ3) is 5.93. The van der Waals surface area contributed by atoms with Gasteiger partial charge in [-0.2, -0.15) is 5.26 Å². The lowest BCUT2D eigenvalue weighted by molar-refractivity contribution is -0.138.